The molecule has 2 saturated heterocycles. The Bertz CT molecular complexity index is 1360. The molecule has 182 valence electrons. The zero-order valence-electron chi connectivity index (χ0n) is 19.6. The van der Waals surface area contributed by atoms with Crippen LogP contribution in [0.1, 0.15) is 16.7 Å². The number of carbonyl (C=O) groups is 3. The number of carbonyl (C=O) groups excluding carboxylic acids is 2. The van der Waals surface area contributed by atoms with Gasteiger partial charge in [0.1, 0.15) is 5.54 Å². The lowest BCUT2D eigenvalue weighted by atomic mass is 9.76. The topological polar surface area (TPSA) is 86.7 Å². The Labute approximate surface area is 214 Å². The largest absolute Gasteiger partial charge is 0.480 e. The van der Waals surface area contributed by atoms with Crippen LogP contribution < -0.4 is 10.2 Å². The molecule has 36 heavy (non-hydrogen) atoms. The van der Waals surface area contributed by atoms with Gasteiger partial charge in [-0.15, -0.1) is 0 Å². The number of hydrogen-bond acceptors (Lipinski definition) is 4. The average molecular weight is 501 g/mol. The molecule has 4 atom stereocenters. The summed E-state index contributed by atoms with van der Waals surface area (Å²) in [5.41, 5.74) is 1.17. The lowest BCUT2D eigenvalue weighted by Gasteiger charge is -2.31. The number of hydrogen-bond donors (Lipinski definition) is 2. The Balaban J connectivity index is 1.60. The number of imide groups is 1. The van der Waals surface area contributed by atoms with E-state index in [2.05, 4.69) is 5.32 Å². The van der Waals surface area contributed by atoms with Crippen LogP contribution in [0, 0.1) is 18.8 Å². The van der Waals surface area contributed by atoms with Crippen molar-refractivity contribution in [2.75, 3.05) is 4.90 Å². The highest BCUT2D eigenvalue weighted by Crippen LogP contribution is 2.46. The van der Waals surface area contributed by atoms with Crippen molar-refractivity contribution < 1.29 is 19.5 Å². The van der Waals surface area contributed by atoms with Gasteiger partial charge in [-0.3, -0.25) is 19.7 Å². The van der Waals surface area contributed by atoms with E-state index in [0.717, 1.165) is 21.6 Å². The minimum Gasteiger partial charge on any atom is -0.480 e. The van der Waals surface area contributed by atoms with Crippen molar-refractivity contribution in [2.24, 2.45) is 11.8 Å². The average Bonchev–Trinajstić information content (AvgIpc) is 3.34. The van der Waals surface area contributed by atoms with Crippen molar-refractivity contribution in [3.8, 4) is 0 Å². The van der Waals surface area contributed by atoms with Crippen molar-refractivity contribution in [3.05, 3.63) is 107 Å². The Hall–Kier alpha value is -3.74. The van der Waals surface area contributed by atoms with Crippen LogP contribution in [0.15, 0.2) is 84.9 Å². The molecule has 0 aromatic heterocycles. The fraction of sp³-hybridized carbons (Fsp3) is 0.207. The van der Waals surface area contributed by atoms with Gasteiger partial charge < -0.3 is 5.11 Å². The fourth-order valence-electron chi connectivity index (χ4n) is 5.32. The van der Waals surface area contributed by atoms with Crippen LogP contribution in [0.5, 0.6) is 0 Å². The van der Waals surface area contributed by atoms with Gasteiger partial charge in [-0.25, -0.2) is 4.90 Å². The first kappa shape index (κ1) is 24.0. The first-order valence-corrected chi connectivity index (χ1v) is 12.1. The number of carboxylic acid groups (broad SMARTS) is 1. The first-order chi connectivity index (χ1) is 17.3. The van der Waals surface area contributed by atoms with E-state index in [1.807, 2.05) is 73.7 Å². The molecule has 6 nitrogen and oxygen atoms in total. The lowest BCUT2D eigenvalue weighted by molar-refractivity contribution is -0.148. The summed E-state index contributed by atoms with van der Waals surface area (Å²) >= 11 is 6.30. The smallest absolute Gasteiger partial charge is 0.325 e. The molecule has 2 heterocycles. The fourth-order valence-corrected chi connectivity index (χ4v) is 5.49. The highest BCUT2D eigenvalue weighted by molar-refractivity contribution is 6.32. The van der Waals surface area contributed by atoms with E-state index in [-0.39, 0.29) is 6.42 Å². The second kappa shape index (κ2) is 9.37. The monoisotopic (exact) mass is 500 g/mol. The van der Waals surface area contributed by atoms with Gasteiger partial charge in [0.05, 0.1) is 17.5 Å². The molecule has 5 rings (SSSR count). The van der Waals surface area contributed by atoms with Gasteiger partial charge in [0.15, 0.2) is 0 Å². The number of benzene rings is 3. The van der Waals surface area contributed by atoms with Gasteiger partial charge in [0.25, 0.3) is 0 Å². The molecule has 2 amide bonds. The molecule has 0 bridgehead atoms. The summed E-state index contributed by atoms with van der Waals surface area (Å²) in [6.07, 6.45) is 3.69. The molecule has 2 aliphatic rings. The molecule has 2 fully saturated rings. The third-order valence-corrected chi connectivity index (χ3v) is 7.52. The van der Waals surface area contributed by atoms with Crippen LogP contribution in [0.25, 0.3) is 6.08 Å². The zero-order chi connectivity index (χ0) is 25.4. The van der Waals surface area contributed by atoms with E-state index >= 15 is 0 Å². The molecule has 0 spiro atoms. The van der Waals surface area contributed by atoms with Crippen molar-refractivity contribution in [2.45, 2.75) is 24.9 Å². The molecular formula is C29H25ClN2O4. The molecule has 0 saturated carbocycles. The molecule has 0 aliphatic carbocycles. The molecule has 0 radical (unpaired) electrons. The minimum absolute atomic E-state index is 0.0571. The van der Waals surface area contributed by atoms with Crippen molar-refractivity contribution >= 4 is 41.1 Å². The van der Waals surface area contributed by atoms with E-state index in [1.165, 1.54) is 0 Å². The summed E-state index contributed by atoms with van der Waals surface area (Å²) in [5, 5.41) is 14.2. The molecule has 7 heteroatoms. The predicted octanol–water partition coefficient (Wildman–Crippen LogP) is 4.51. The van der Waals surface area contributed by atoms with Crippen molar-refractivity contribution in [1.82, 2.24) is 5.32 Å². The molecule has 2 aliphatic heterocycles. The lowest BCUT2D eigenvalue weighted by Crippen LogP contribution is -2.58. The van der Waals surface area contributed by atoms with Gasteiger partial charge in [-0.2, -0.15) is 0 Å². The SMILES string of the molecule is Cc1ccc(N2C(=O)C3C(C=Cc4ccccc4)NC(Cc4ccccc4)(C(=O)O)C3C2=O)cc1Cl. The van der Waals surface area contributed by atoms with Crippen LogP contribution in [-0.2, 0) is 20.8 Å². The number of aryl methyl sites for hydroxylation is 1. The summed E-state index contributed by atoms with van der Waals surface area (Å²) in [7, 11) is 0. The second-order valence-corrected chi connectivity index (χ2v) is 9.73. The zero-order valence-corrected chi connectivity index (χ0v) is 20.4. The third-order valence-electron chi connectivity index (χ3n) is 7.11. The maximum Gasteiger partial charge on any atom is 0.325 e. The quantitative estimate of drug-likeness (QED) is 0.486. The Morgan fingerprint density at radius 3 is 2.33 bits per heavy atom. The number of halogens is 1. The van der Waals surface area contributed by atoms with Crippen LogP contribution in [0.4, 0.5) is 5.69 Å². The van der Waals surface area contributed by atoms with E-state index < -0.39 is 41.2 Å². The van der Waals surface area contributed by atoms with E-state index in [0.29, 0.717) is 10.7 Å². The number of aliphatic carboxylic acids is 1. The highest BCUT2D eigenvalue weighted by atomic mass is 35.5. The van der Waals surface area contributed by atoms with Crippen LogP contribution in [0.3, 0.4) is 0 Å². The summed E-state index contributed by atoms with van der Waals surface area (Å²) in [5.74, 6) is -4.10. The molecule has 3 aromatic carbocycles. The Kier molecular flexibility index (Phi) is 6.24. The standard InChI is InChI=1S/C29H25ClN2O4/c1-18-12-14-21(16-22(18)30)32-26(33)24-23(15-13-19-8-4-2-5-9-19)31-29(28(35)36,25(24)27(32)34)17-20-10-6-3-7-11-20/h2-16,23-25,31H,17H2,1H3,(H,35,36). The summed E-state index contributed by atoms with van der Waals surface area (Å²) in [6, 6.07) is 23.0. The number of amides is 2. The molecule has 4 unspecified atom stereocenters. The number of carboxylic acids is 1. The third kappa shape index (κ3) is 4.02. The van der Waals surface area contributed by atoms with Crippen molar-refractivity contribution in [1.29, 1.82) is 0 Å². The van der Waals surface area contributed by atoms with Gasteiger partial charge in [0.2, 0.25) is 11.8 Å². The molecular weight excluding hydrogens is 476 g/mol. The van der Waals surface area contributed by atoms with E-state index in [9.17, 15) is 19.5 Å². The number of anilines is 1. The second-order valence-electron chi connectivity index (χ2n) is 9.33. The summed E-state index contributed by atoms with van der Waals surface area (Å²) in [4.78, 5) is 41.6. The maximum atomic E-state index is 13.9. The van der Waals surface area contributed by atoms with Gasteiger partial charge in [-0.1, -0.05) is 90.5 Å². The van der Waals surface area contributed by atoms with E-state index in [4.69, 9.17) is 11.6 Å². The van der Waals surface area contributed by atoms with Gasteiger partial charge >= 0.3 is 5.97 Å². The number of fused-ring (bicyclic) bond motifs is 1. The van der Waals surface area contributed by atoms with Gasteiger partial charge in [0, 0.05) is 17.5 Å². The van der Waals surface area contributed by atoms with Crippen molar-refractivity contribution in [3.63, 3.8) is 0 Å². The first-order valence-electron chi connectivity index (χ1n) is 11.7. The van der Waals surface area contributed by atoms with Crippen LogP contribution in [0.2, 0.25) is 5.02 Å². The molecule has 2 N–H and O–H groups in total. The number of nitrogens with one attached hydrogen (secondary N) is 1. The number of nitrogens with zero attached hydrogens (tertiary/aromatic N) is 1. The van der Waals surface area contributed by atoms with Gasteiger partial charge in [-0.05, 0) is 35.7 Å². The summed E-state index contributed by atoms with van der Waals surface area (Å²) < 4.78 is 0. The van der Waals surface area contributed by atoms with Crippen LogP contribution in [-0.4, -0.2) is 34.5 Å². The number of rotatable bonds is 6. The minimum atomic E-state index is -1.66. The normalized spacial score (nSPS) is 25.5. The van der Waals surface area contributed by atoms with Crippen LogP contribution >= 0.6 is 11.6 Å². The van der Waals surface area contributed by atoms with E-state index in [1.54, 1.807) is 24.3 Å². The molecule has 3 aromatic rings. The Morgan fingerprint density at radius 1 is 1.03 bits per heavy atom. The maximum absolute atomic E-state index is 13.9. The Morgan fingerprint density at radius 2 is 1.69 bits per heavy atom. The predicted molar refractivity (Wildman–Crippen MR) is 139 cm³/mol. The summed E-state index contributed by atoms with van der Waals surface area (Å²) in [6.45, 7) is 1.83. The highest BCUT2D eigenvalue weighted by Gasteiger charge is 2.68.